The van der Waals surface area contributed by atoms with Crippen molar-refractivity contribution < 1.29 is 9.90 Å². The Morgan fingerprint density at radius 2 is 2.36 bits per heavy atom. The topological polar surface area (TPSA) is 52.6 Å². The van der Waals surface area contributed by atoms with Crippen LogP contribution in [0.2, 0.25) is 0 Å². The zero-order chi connectivity index (χ0) is 10.6. The summed E-state index contributed by atoms with van der Waals surface area (Å²) < 4.78 is 0. The van der Waals surface area contributed by atoms with Crippen molar-refractivity contribution in [3.05, 3.63) is 0 Å². The van der Waals surface area contributed by atoms with Gasteiger partial charge in [0.25, 0.3) is 0 Å². The van der Waals surface area contributed by atoms with Crippen molar-refractivity contribution >= 4 is 5.91 Å². The summed E-state index contributed by atoms with van der Waals surface area (Å²) in [6, 6.07) is -0.131. The van der Waals surface area contributed by atoms with Gasteiger partial charge in [0.2, 0.25) is 5.91 Å². The summed E-state index contributed by atoms with van der Waals surface area (Å²) in [5.74, 6) is 0.103. The molecular formula is C10H20N2O2. The summed E-state index contributed by atoms with van der Waals surface area (Å²) in [5.41, 5.74) is 0. The van der Waals surface area contributed by atoms with Crippen LogP contribution in [0.15, 0.2) is 0 Å². The maximum Gasteiger partial charge on any atom is 0.239 e. The number of hydrogen-bond donors (Lipinski definition) is 2. The summed E-state index contributed by atoms with van der Waals surface area (Å²) in [7, 11) is 1.75. The summed E-state index contributed by atoms with van der Waals surface area (Å²) in [5, 5.41) is 12.1. The van der Waals surface area contributed by atoms with Crippen LogP contribution in [0.25, 0.3) is 0 Å². The number of carbonyl (C=O) groups is 1. The Balaban J connectivity index is 2.46. The van der Waals surface area contributed by atoms with Crippen molar-refractivity contribution in [2.45, 2.75) is 38.3 Å². The van der Waals surface area contributed by atoms with E-state index in [1.54, 1.807) is 11.9 Å². The standard InChI is InChI=1S/C10H20N2O2/c1-8(7-13)12(2)10(14)9-5-3-4-6-11-9/h8-9,11,13H,3-7H2,1-2H3. The Kier molecular flexibility index (Phi) is 4.35. The molecule has 1 aliphatic rings. The number of rotatable bonds is 3. The fourth-order valence-electron chi connectivity index (χ4n) is 1.65. The molecule has 82 valence electrons. The van der Waals surface area contributed by atoms with Crippen molar-refractivity contribution in [1.29, 1.82) is 0 Å². The Bertz CT molecular complexity index is 187. The van der Waals surface area contributed by atoms with E-state index < -0.39 is 0 Å². The van der Waals surface area contributed by atoms with E-state index in [-0.39, 0.29) is 24.6 Å². The lowest BCUT2D eigenvalue weighted by atomic mass is 10.0. The van der Waals surface area contributed by atoms with Gasteiger partial charge in [0, 0.05) is 7.05 Å². The number of hydrogen-bond acceptors (Lipinski definition) is 3. The third-order valence-corrected chi connectivity index (χ3v) is 2.88. The van der Waals surface area contributed by atoms with Crippen LogP contribution in [0, 0.1) is 0 Å². The normalized spacial score (nSPS) is 24.4. The van der Waals surface area contributed by atoms with Crippen LogP contribution in [-0.4, -0.2) is 48.2 Å². The molecule has 1 saturated heterocycles. The van der Waals surface area contributed by atoms with Crippen LogP contribution in [-0.2, 0) is 4.79 Å². The highest BCUT2D eigenvalue weighted by Crippen LogP contribution is 2.10. The highest BCUT2D eigenvalue weighted by molar-refractivity contribution is 5.82. The second kappa shape index (κ2) is 5.32. The van der Waals surface area contributed by atoms with Crippen LogP contribution >= 0.6 is 0 Å². The van der Waals surface area contributed by atoms with E-state index in [4.69, 9.17) is 5.11 Å². The van der Waals surface area contributed by atoms with E-state index in [1.165, 1.54) is 0 Å². The second-order valence-corrected chi connectivity index (χ2v) is 3.98. The van der Waals surface area contributed by atoms with Gasteiger partial charge in [-0.15, -0.1) is 0 Å². The van der Waals surface area contributed by atoms with Gasteiger partial charge in [-0.2, -0.15) is 0 Å². The quantitative estimate of drug-likeness (QED) is 0.672. The van der Waals surface area contributed by atoms with E-state index in [0.717, 1.165) is 25.8 Å². The van der Waals surface area contributed by atoms with E-state index in [0.29, 0.717) is 0 Å². The van der Waals surface area contributed by atoms with Crippen molar-refractivity contribution in [2.24, 2.45) is 0 Å². The Labute approximate surface area is 85.3 Å². The molecule has 0 spiro atoms. The third kappa shape index (κ3) is 2.69. The van der Waals surface area contributed by atoms with Gasteiger partial charge in [-0.05, 0) is 26.3 Å². The predicted octanol–water partition coefficient (Wildman–Crippen LogP) is -0.0323. The first kappa shape index (κ1) is 11.5. The Morgan fingerprint density at radius 3 is 2.86 bits per heavy atom. The fraction of sp³-hybridized carbons (Fsp3) is 0.900. The number of nitrogens with zero attached hydrogens (tertiary/aromatic N) is 1. The molecule has 2 N–H and O–H groups in total. The molecule has 0 aromatic heterocycles. The largest absolute Gasteiger partial charge is 0.394 e. The Morgan fingerprint density at radius 1 is 1.64 bits per heavy atom. The summed E-state index contributed by atoms with van der Waals surface area (Å²) in [6.45, 7) is 2.80. The number of aliphatic hydroxyl groups is 1. The maximum absolute atomic E-state index is 11.9. The second-order valence-electron chi connectivity index (χ2n) is 3.98. The van der Waals surface area contributed by atoms with Gasteiger partial charge in [0.1, 0.15) is 0 Å². The van der Waals surface area contributed by atoms with E-state index in [9.17, 15) is 4.79 Å². The van der Waals surface area contributed by atoms with Crippen LogP contribution in [0.4, 0.5) is 0 Å². The first-order valence-corrected chi connectivity index (χ1v) is 5.27. The van der Waals surface area contributed by atoms with E-state index >= 15 is 0 Å². The third-order valence-electron chi connectivity index (χ3n) is 2.88. The summed E-state index contributed by atoms with van der Waals surface area (Å²) in [6.07, 6.45) is 3.19. The van der Waals surface area contributed by atoms with Crippen LogP contribution in [0.1, 0.15) is 26.2 Å². The number of piperidine rings is 1. The lowest BCUT2D eigenvalue weighted by molar-refractivity contribution is -0.135. The minimum atomic E-state index is -0.0915. The van der Waals surface area contributed by atoms with Crippen LogP contribution < -0.4 is 5.32 Å². The molecular weight excluding hydrogens is 180 g/mol. The van der Waals surface area contributed by atoms with Gasteiger partial charge in [-0.3, -0.25) is 4.79 Å². The van der Waals surface area contributed by atoms with Gasteiger partial charge < -0.3 is 15.3 Å². The molecule has 0 saturated carbocycles. The molecule has 2 unspecified atom stereocenters. The van der Waals surface area contributed by atoms with Gasteiger partial charge in [0.05, 0.1) is 18.7 Å². The molecule has 4 nitrogen and oxygen atoms in total. The zero-order valence-corrected chi connectivity index (χ0v) is 8.99. The monoisotopic (exact) mass is 200 g/mol. The highest BCUT2D eigenvalue weighted by Gasteiger charge is 2.25. The molecule has 1 heterocycles. The van der Waals surface area contributed by atoms with Gasteiger partial charge in [0.15, 0.2) is 0 Å². The number of carbonyl (C=O) groups excluding carboxylic acids is 1. The molecule has 1 amide bonds. The van der Waals surface area contributed by atoms with E-state index in [1.807, 2.05) is 6.92 Å². The molecule has 2 atom stereocenters. The zero-order valence-electron chi connectivity index (χ0n) is 8.99. The maximum atomic E-state index is 11.9. The van der Waals surface area contributed by atoms with Crippen molar-refractivity contribution in [3.63, 3.8) is 0 Å². The summed E-state index contributed by atoms with van der Waals surface area (Å²) in [4.78, 5) is 13.5. The highest BCUT2D eigenvalue weighted by atomic mass is 16.3. The van der Waals surface area contributed by atoms with Gasteiger partial charge in [-0.1, -0.05) is 6.42 Å². The Hall–Kier alpha value is -0.610. The molecule has 14 heavy (non-hydrogen) atoms. The molecule has 0 aliphatic carbocycles. The molecule has 0 radical (unpaired) electrons. The number of nitrogens with one attached hydrogen (secondary N) is 1. The lowest BCUT2D eigenvalue weighted by Crippen LogP contribution is -2.50. The van der Waals surface area contributed by atoms with Gasteiger partial charge in [-0.25, -0.2) is 0 Å². The van der Waals surface area contributed by atoms with Crippen molar-refractivity contribution in [2.75, 3.05) is 20.2 Å². The number of amides is 1. The van der Waals surface area contributed by atoms with E-state index in [2.05, 4.69) is 5.32 Å². The van der Waals surface area contributed by atoms with Crippen LogP contribution in [0.5, 0.6) is 0 Å². The molecule has 0 aromatic rings. The van der Waals surface area contributed by atoms with Gasteiger partial charge >= 0.3 is 0 Å². The smallest absolute Gasteiger partial charge is 0.239 e. The minimum absolute atomic E-state index is 0.0228. The first-order chi connectivity index (χ1) is 6.66. The fourth-order valence-corrected chi connectivity index (χ4v) is 1.65. The summed E-state index contributed by atoms with van der Waals surface area (Å²) >= 11 is 0. The molecule has 1 aliphatic heterocycles. The van der Waals surface area contributed by atoms with Crippen LogP contribution in [0.3, 0.4) is 0 Å². The predicted molar refractivity (Wildman–Crippen MR) is 55.0 cm³/mol. The average Bonchev–Trinajstić information content (AvgIpc) is 2.27. The molecule has 1 fully saturated rings. The molecule has 1 rings (SSSR count). The van der Waals surface area contributed by atoms with Crippen molar-refractivity contribution in [3.8, 4) is 0 Å². The average molecular weight is 200 g/mol. The number of aliphatic hydroxyl groups excluding tert-OH is 1. The minimum Gasteiger partial charge on any atom is -0.394 e. The molecule has 0 aromatic carbocycles. The molecule has 0 bridgehead atoms. The van der Waals surface area contributed by atoms with Crippen molar-refractivity contribution in [1.82, 2.24) is 10.2 Å². The lowest BCUT2D eigenvalue weighted by Gasteiger charge is -2.30. The first-order valence-electron chi connectivity index (χ1n) is 5.27. The number of likely N-dealkylation sites (N-methyl/N-ethyl adjacent to an activating group) is 1. The molecule has 4 heteroatoms. The SMILES string of the molecule is CC(CO)N(C)C(=O)C1CCCCN1.